The molecule has 0 amide bonds. The van der Waals surface area contributed by atoms with E-state index in [0.29, 0.717) is 6.42 Å². The van der Waals surface area contributed by atoms with Crippen molar-refractivity contribution < 1.29 is 9.53 Å². The van der Waals surface area contributed by atoms with E-state index in [1.807, 2.05) is 19.3 Å². The van der Waals surface area contributed by atoms with E-state index in [4.69, 9.17) is 4.74 Å². The normalized spacial score (nSPS) is 39.8. The lowest BCUT2D eigenvalue weighted by Crippen LogP contribution is -2.50. The molecule has 0 saturated heterocycles. The molecule has 0 aromatic carbocycles. The molecule has 3 nitrogen and oxygen atoms in total. The molecule has 2 fully saturated rings. The van der Waals surface area contributed by atoms with Crippen molar-refractivity contribution in [3.8, 4) is 0 Å². The summed E-state index contributed by atoms with van der Waals surface area (Å²) in [5.41, 5.74) is 4.99. The average molecular weight is 406 g/mol. The van der Waals surface area contributed by atoms with Crippen LogP contribution in [0.25, 0.3) is 5.57 Å². The van der Waals surface area contributed by atoms with Gasteiger partial charge in [0, 0.05) is 25.2 Å². The summed E-state index contributed by atoms with van der Waals surface area (Å²) in [7, 11) is 0. The molecule has 0 N–H and O–H groups in total. The van der Waals surface area contributed by atoms with Gasteiger partial charge in [-0.25, -0.2) is 0 Å². The molecule has 0 radical (unpaired) electrons. The quantitative estimate of drug-likeness (QED) is 0.434. The number of aromatic nitrogens is 1. The van der Waals surface area contributed by atoms with Crippen molar-refractivity contribution in [2.24, 2.45) is 28.6 Å². The second kappa shape index (κ2) is 7.35. The molecule has 6 atom stereocenters. The minimum atomic E-state index is -0.0497. The summed E-state index contributed by atoms with van der Waals surface area (Å²) >= 11 is 0. The van der Waals surface area contributed by atoms with Crippen LogP contribution in [-0.4, -0.2) is 17.1 Å². The van der Waals surface area contributed by atoms with E-state index in [0.717, 1.165) is 37.0 Å². The van der Waals surface area contributed by atoms with Crippen LogP contribution in [0.2, 0.25) is 0 Å². The minimum Gasteiger partial charge on any atom is -0.462 e. The molecule has 1 aromatic rings. The van der Waals surface area contributed by atoms with Crippen molar-refractivity contribution in [3.05, 3.63) is 47.8 Å². The third-order valence-corrected chi connectivity index (χ3v) is 9.20. The first-order chi connectivity index (χ1) is 14.5. The zero-order valence-corrected chi connectivity index (χ0v) is 18.7. The van der Waals surface area contributed by atoms with Gasteiger partial charge in [0.2, 0.25) is 0 Å². The third kappa shape index (κ3) is 2.99. The second-order valence-corrected chi connectivity index (χ2v) is 10.5. The molecular formula is C27H35NO2. The zero-order valence-electron chi connectivity index (χ0n) is 18.7. The van der Waals surface area contributed by atoms with E-state index < -0.39 is 0 Å². The largest absolute Gasteiger partial charge is 0.462 e. The molecule has 4 aliphatic rings. The molecule has 6 unspecified atom stereocenters. The van der Waals surface area contributed by atoms with Gasteiger partial charge >= 0.3 is 5.97 Å². The second-order valence-electron chi connectivity index (χ2n) is 10.5. The van der Waals surface area contributed by atoms with Gasteiger partial charge in [0.1, 0.15) is 6.10 Å². The number of rotatable bonds is 3. The maximum Gasteiger partial charge on any atom is 0.305 e. The van der Waals surface area contributed by atoms with Crippen molar-refractivity contribution >= 4 is 11.5 Å². The summed E-state index contributed by atoms with van der Waals surface area (Å²) in [6, 6.07) is 4.30. The van der Waals surface area contributed by atoms with Crippen molar-refractivity contribution in [1.29, 1.82) is 0 Å². The van der Waals surface area contributed by atoms with E-state index >= 15 is 0 Å². The maximum absolute atomic E-state index is 11.8. The van der Waals surface area contributed by atoms with Gasteiger partial charge in [-0.2, -0.15) is 0 Å². The van der Waals surface area contributed by atoms with Crippen LogP contribution >= 0.6 is 0 Å². The van der Waals surface area contributed by atoms with Crippen molar-refractivity contribution in [2.45, 2.75) is 78.2 Å². The van der Waals surface area contributed by atoms with E-state index in [2.05, 4.69) is 43.1 Å². The molecule has 30 heavy (non-hydrogen) atoms. The first kappa shape index (κ1) is 20.0. The third-order valence-electron chi connectivity index (χ3n) is 9.20. The van der Waals surface area contributed by atoms with Gasteiger partial charge in [0.15, 0.2) is 0 Å². The molecule has 4 aliphatic carbocycles. The summed E-state index contributed by atoms with van der Waals surface area (Å²) < 4.78 is 5.72. The first-order valence-corrected chi connectivity index (χ1v) is 12.0. The van der Waals surface area contributed by atoms with E-state index in [1.54, 1.807) is 5.57 Å². The number of nitrogens with zero attached hydrogens (tertiary/aromatic N) is 1. The van der Waals surface area contributed by atoms with Crippen LogP contribution in [0.15, 0.2) is 42.3 Å². The smallest absolute Gasteiger partial charge is 0.305 e. The van der Waals surface area contributed by atoms with Crippen molar-refractivity contribution in [2.75, 3.05) is 0 Å². The van der Waals surface area contributed by atoms with Gasteiger partial charge in [0.05, 0.1) is 0 Å². The van der Waals surface area contributed by atoms with Crippen molar-refractivity contribution in [3.63, 3.8) is 0 Å². The van der Waals surface area contributed by atoms with E-state index in [9.17, 15) is 4.79 Å². The van der Waals surface area contributed by atoms with E-state index in [-0.39, 0.29) is 22.9 Å². The molecular weight excluding hydrogens is 370 g/mol. The molecule has 5 rings (SSSR count). The Morgan fingerprint density at radius 3 is 2.73 bits per heavy atom. The van der Waals surface area contributed by atoms with Gasteiger partial charge in [-0.05, 0) is 84.3 Å². The summed E-state index contributed by atoms with van der Waals surface area (Å²) in [6.07, 6.45) is 17.7. The summed E-state index contributed by atoms with van der Waals surface area (Å²) in [6.45, 7) is 6.91. The Morgan fingerprint density at radius 1 is 1.13 bits per heavy atom. The number of carbonyl (C=O) groups excluding carboxylic acids is 1. The fourth-order valence-electron chi connectivity index (χ4n) is 7.53. The Morgan fingerprint density at radius 2 is 1.97 bits per heavy atom. The van der Waals surface area contributed by atoms with Crippen LogP contribution in [-0.2, 0) is 9.53 Å². The summed E-state index contributed by atoms with van der Waals surface area (Å²) in [5, 5.41) is 0. The van der Waals surface area contributed by atoms with Gasteiger partial charge in [-0.15, -0.1) is 0 Å². The highest BCUT2D eigenvalue weighted by atomic mass is 16.5. The van der Waals surface area contributed by atoms with Crippen LogP contribution in [0.3, 0.4) is 0 Å². The molecule has 1 heterocycles. The van der Waals surface area contributed by atoms with Crippen LogP contribution in [0.1, 0.15) is 77.7 Å². The van der Waals surface area contributed by atoms with Gasteiger partial charge in [0.25, 0.3) is 0 Å². The summed E-state index contributed by atoms with van der Waals surface area (Å²) in [4.78, 5) is 16.2. The Labute approximate surface area is 181 Å². The molecule has 1 aromatic heterocycles. The summed E-state index contributed by atoms with van der Waals surface area (Å²) in [5.74, 6) is 2.21. The van der Waals surface area contributed by atoms with Gasteiger partial charge < -0.3 is 4.74 Å². The highest BCUT2D eigenvalue weighted by molar-refractivity contribution is 5.72. The lowest BCUT2D eigenvalue weighted by Gasteiger charge is -2.57. The molecule has 160 valence electrons. The fraction of sp³-hybridized carbons (Fsp3) is 0.630. The predicted octanol–water partition coefficient (Wildman–Crippen LogP) is 6.36. The fourth-order valence-corrected chi connectivity index (χ4v) is 7.53. The van der Waals surface area contributed by atoms with Gasteiger partial charge in [-0.3, -0.25) is 9.78 Å². The van der Waals surface area contributed by atoms with E-state index in [1.165, 1.54) is 36.8 Å². The maximum atomic E-state index is 11.8. The van der Waals surface area contributed by atoms with Crippen LogP contribution < -0.4 is 0 Å². The molecule has 0 bridgehead atoms. The monoisotopic (exact) mass is 405 g/mol. The Balaban J connectivity index is 1.38. The standard InChI is InChI=1S/C27H35NO2/c1-4-25(29)30-20-11-13-26(2)19(16-20)7-8-21-23-10-9-22(18-6-5-15-28-17-18)27(23,3)14-12-24(21)26/h5-7,9,15,17,20-21,23-24H,4,8,10-14,16H2,1-3H3. The number of fused-ring (bicyclic) bond motifs is 5. The predicted molar refractivity (Wildman–Crippen MR) is 119 cm³/mol. The van der Waals surface area contributed by atoms with Crippen LogP contribution in [0.4, 0.5) is 0 Å². The Bertz CT molecular complexity index is 887. The Hall–Kier alpha value is -1.90. The molecule has 2 saturated carbocycles. The lowest BCUT2D eigenvalue weighted by molar-refractivity contribution is -0.150. The molecule has 0 aliphatic heterocycles. The molecule has 0 spiro atoms. The van der Waals surface area contributed by atoms with Crippen LogP contribution in [0.5, 0.6) is 0 Å². The highest BCUT2D eigenvalue weighted by Gasteiger charge is 2.57. The van der Waals surface area contributed by atoms with Crippen molar-refractivity contribution in [1.82, 2.24) is 4.98 Å². The lowest BCUT2D eigenvalue weighted by atomic mass is 9.47. The zero-order chi connectivity index (χ0) is 20.9. The average Bonchev–Trinajstić information content (AvgIpc) is 3.11. The molecule has 3 heteroatoms. The Kier molecular flexibility index (Phi) is 4.91. The number of ether oxygens (including phenoxy) is 1. The number of carbonyl (C=O) groups is 1. The SMILES string of the molecule is CCC(=O)OC1CCC2(C)C(=CCC3C2CCC2(C)C(c4cccnc4)=CCC32)C1. The number of hydrogen-bond acceptors (Lipinski definition) is 3. The number of hydrogen-bond donors (Lipinski definition) is 0. The highest BCUT2D eigenvalue weighted by Crippen LogP contribution is 2.66. The van der Waals surface area contributed by atoms with Crippen LogP contribution in [0, 0.1) is 28.6 Å². The van der Waals surface area contributed by atoms with Gasteiger partial charge in [-0.1, -0.05) is 44.6 Å². The topological polar surface area (TPSA) is 39.2 Å². The number of esters is 1. The number of allylic oxidation sites excluding steroid dienone is 3. The number of pyridine rings is 1. The first-order valence-electron chi connectivity index (χ1n) is 12.0. The minimum absolute atomic E-state index is 0.0497.